The van der Waals surface area contributed by atoms with Gasteiger partial charge in [-0.05, 0) is 46.3 Å². The van der Waals surface area contributed by atoms with Crippen LogP contribution in [-0.4, -0.2) is 5.91 Å². The maximum absolute atomic E-state index is 12.3. The van der Waals surface area contributed by atoms with Crippen LogP contribution in [0, 0.1) is 0 Å². The Bertz CT molecular complexity index is 787. The fraction of sp³-hybridized carbons (Fsp3) is 0. The molecule has 7 heteroatoms. The van der Waals surface area contributed by atoms with Gasteiger partial charge in [-0.15, -0.1) is 0 Å². The highest BCUT2D eigenvalue weighted by Gasteiger charge is 2.15. The summed E-state index contributed by atoms with van der Waals surface area (Å²) >= 11 is 10.3. The maximum Gasteiger partial charge on any atom is 0.256 e. The standard InChI is InChI=1S/C13H7BrClN3OS/c14-9-6-7(15)4-5-8(9)13(19)16-10-2-1-3-11-12(10)18-20-17-11/h1-6H,(H,16,19). The second-order valence-corrected chi connectivity index (χ2v) is 5.84. The molecule has 0 bridgehead atoms. The number of hydrogen-bond acceptors (Lipinski definition) is 3. The highest BCUT2D eigenvalue weighted by Crippen LogP contribution is 2.38. The zero-order chi connectivity index (χ0) is 14.1. The van der Waals surface area contributed by atoms with Gasteiger partial charge in [-0.25, -0.2) is 0 Å². The quantitative estimate of drug-likeness (QED) is 0.673. The van der Waals surface area contributed by atoms with Gasteiger partial charge in [0.1, 0.15) is 11.4 Å². The lowest BCUT2D eigenvalue weighted by molar-refractivity contribution is 0.102. The van der Waals surface area contributed by atoms with Crippen molar-refractivity contribution >= 4 is 61.9 Å². The smallest absolute Gasteiger partial charge is 0.256 e. The molecule has 2 aromatic carbocycles. The minimum Gasteiger partial charge on any atom is -0.320 e. The lowest BCUT2D eigenvalue weighted by atomic mass is 10.2. The Kier molecular flexibility index (Phi) is 3.69. The third kappa shape index (κ3) is 2.54. The molecule has 3 rings (SSSR count). The van der Waals surface area contributed by atoms with E-state index in [-0.39, 0.29) is 5.91 Å². The minimum atomic E-state index is -0.228. The number of nitrogens with zero attached hydrogens (tertiary/aromatic N) is 2. The van der Waals surface area contributed by atoms with Gasteiger partial charge in [-0.1, -0.05) is 17.7 Å². The van der Waals surface area contributed by atoms with E-state index in [2.05, 4.69) is 30.0 Å². The average Bonchev–Trinajstić information content (AvgIpc) is 2.87. The molecule has 1 N–H and O–H groups in total. The topological polar surface area (TPSA) is 53.8 Å². The molecule has 1 amide bonds. The van der Waals surface area contributed by atoms with Crippen LogP contribution in [0.1, 0.15) is 10.4 Å². The van der Waals surface area contributed by atoms with Crippen molar-refractivity contribution in [1.29, 1.82) is 0 Å². The molecule has 2 aromatic rings. The third-order valence-electron chi connectivity index (χ3n) is 2.71. The molecule has 0 spiro atoms. The van der Waals surface area contributed by atoms with Crippen molar-refractivity contribution in [3.63, 3.8) is 0 Å². The predicted molar refractivity (Wildman–Crippen MR) is 85.1 cm³/mol. The predicted octanol–water partition coefficient (Wildman–Crippen LogP) is 5.08. The molecule has 0 fully saturated rings. The molecule has 0 saturated carbocycles. The van der Waals surface area contributed by atoms with E-state index in [1.54, 1.807) is 24.3 Å². The van der Waals surface area contributed by atoms with Crippen LogP contribution in [0.15, 0.2) is 49.6 Å². The number of carbonyl (C=O) groups is 1. The summed E-state index contributed by atoms with van der Waals surface area (Å²) in [6, 6.07) is 10.5. The third-order valence-corrected chi connectivity index (χ3v) is 4.14. The number of nitrogens with one attached hydrogen (secondary N) is 1. The van der Waals surface area contributed by atoms with E-state index < -0.39 is 0 Å². The molecular weight excluding hydrogens is 362 g/mol. The molecule has 1 aliphatic heterocycles. The van der Waals surface area contributed by atoms with E-state index in [1.807, 2.05) is 12.1 Å². The van der Waals surface area contributed by atoms with Crippen LogP contribution >= 0.6 is 27.5 Å². The van der Waals surface area contributed by atoms with Crippen molar-refractivity contribution in [2.45, 2.75) is 0 Å². The van der Waals surface area contributed by atoms with Crippen molar-refractivity contribution in [3.8, 4) is 0 Å². The molecular formula is C13H7BrClN3OS. The Morgan fingerprint density at radius 2 is 2.10 bits per heavy atom. The van der Waals surface area contributed by atoms with Crippen LogP contribution in [0.5, 0.6) is 0 Å². The normalized spacial score (nSPS) is 11.9. The fourth-order valence-electron chi connectivity index (χ4n) is 1.77. The van der Waals surface area contributed by atoms with E-state index in [0.717, 1.165) is 17.0 Å². The number of halogens is 2. The first-order chi connectivity index (χ1) is 9.65. The second kappa shape index (κ2) is 5.47. The fourth-order valence-corrected chi connectivity index (χ4v) is 3.18. The first kappa shape index (κ1) is 13.5. The van der Waals surface area contributed by atoms with E-state index in [4.69, 9.17) is 11.6 Å². The molecule has 1 aliphatic rings. The minimum absolute atomic E-state index is 0.228. The molecule has 4 nitrogen and oxygen atoms in total. The van der Waals surface area contributed by atoms with Crippen LogP contribution in [0.2, 0.25) is 5.02 Å². The number of rotatable bonds is 2. The summed E-state index contributed by atoms with van der Waals surface area (Å²) in [5, 5.41) is 3.41. The van der Waals surface area contributed by atoms with Crippen LogP contribution in [-0.2, 0) is 11.4 Å². The van der Waals surface area contributed by atoms with Crippen LogP contribution in [0.25, 0.3) is 0 Å². The zero-order valence-corrected chi connectivity index (χ0v) is 13.1. The van der Waals surface area contributed by atoms with Gasteiger partial charge in [-0.3, -0.25) is 4.79 Å². The first-order valence-electron chi connectivity index (χ1n) is 5.63. The first-order valence-corrected chi connectivity index (χ1v) is 7.53. The number of hydrogen-bond donors (Lipinski definition) is 1. The summed E-state index contributed by atoms with van der Waals surface area (Å²) in [6.45, 7) is 0. The Hall–Kier alpha value is -1.50. The van der Waals surface area contributed by atoms with Crippen molar-refractivity contribution in [3.05, 3.63) is 51.5 Å². The molecule has 0 radical (unpaired) electrons. The largest absolute Gasteiger partial charge is 0.320 e. The Labute approximate surface area is 132 Å². The van der Waals surface area contributed by atoms with Crippen LogP contribution in [0.3, 0.4) is 0 Å². The van der Waals surface area contributed by atoms with Gasteiger partial charge in [0.2, 0.25) is 0 Å². The summed E-state index contributed by atoms with van der Waals surface area (Å²) in [5.41, 5.74) is 2.61. The summed E-state index contributed by atoms with van der Waals surface area (Å²) in [4.78, 5) is 12.3. The monoisotopic (exact) mass is 367 g/mol. The van der Waals surface area contributed by atoms with Crippen molar-refractivity contribution in [1.82, 2.24) is 0 Å². The summed E-state index contributed by atoms with van der Waals surface area (Å²) in [7, 11) is 0. The number of amides is 1. The zero-order valence-electron chi connectivity index (χ0n) is 9.93. The van der Waals surface area contributed by atoms with Gasteiger partial charge in [0.25, 0.3) is 5.91 Å². The van der Waals surface area contributed by atoms with Crippen LogP contribution in [0.4, 0.5) is 17.1 Å². The summed E-state index contributed by atoms with van der Waals surface area (Å²) in [5.74, 6) is -0.228. The Morgan fingerprint density at radius 3 is 2.90 bits per heavy atom. The van der Waals surface area contributed by atoms with Crippen molar-refractivity contribution in [2.24, 2.45) is 8.73 Å². The lowest BCUT2D eigenvalue weighted by Gasteiger charge is -2.09. The molecule has 0 unspecified atom stereocenters. The molecule has 0 atom stereocenters. The average molecular weight is 369 g/mol. The number of carbonyl (C=O) groups excluding carboxylic acids is 1. The number of benzene rings is 2. The summed E-state index contributed by atoms with van der Waals surface area (Å²) < 4.78 is 8.97. The highest BCUT2D eigenvalue weighted by molar-refractivity contribution is 9.10. The van der Waals surface area contributed by atoms with Crippen LogP contribution < -0.4 is 5.32 Å². The van der Waals surface area contributed by atoms with E-state index in [1.165, 1.54) is 0 Å². The van der Waals surface area contributed by atoms with Gasteiger partial charge < -0.3 is 5.32 Å². The van der Waals surface area contributed by atoms with Crippen molar-refractivity contribution in [2.75, 3.05) is 5.32 Å². The Morgan fingerprint density at radius 1 is 1.25 bits per heavy atom. The molecule has 1 heterocycles. The SMILES string of the molecule is O=C(Nc1cccc2c1N=S=N2)c1ccc(Cl)cc1Br. The number of anilines is 1. The highest BCUT2D eigenvalue weighted by atomic mass is 79.9. The van der Waals surface area contributed by atoms with E-state index in [0.29, 0.717) is 26.4 Å². The molecule has 0 aliphatic carbocycles. The number of fused-ring (bicyclic) bond motifs is 1. The van der Waals surface area contributed by atoms with Gasteiger partial charge in [-0.2, -0.15) is 8.73 Å². The lowest BCUT2D eigenvalue weighted by Crippen LogP contribution is -2.12. The van der Waals surface area contributed by atoms with Gasteiger partial charge in [0.05, 0.1) is 22.6 Å². The molecule has 100 valence electrons. The van der Waals surface area contributed by atoms with Crippen molar-refractivity contribution < 1.29 is 4.79 Å². The van der Waals surface area contributed by atoms with E-state index >= 15 is 0 Å². The van der Waals surface area contributed by atoms with Gasteiger partial charge in [0, 0.05) is 9.50 Å². The molecule has 20 heavy (non-hydrogen) atoms. The maximum atomic E-state index is 12.3. The second-order valence-electron chi connectivity index (χ2n) is 4.02. The Balaban J connectivity index is 1.91. The molecule has 0 saturated heterocycles. The van der Waals surface area contributed by atoms with E-state index in [9.17, 15) is 4.79 Å². The van der Waals surface area contributed by atoms with Gasteiger partial charge in [0.15, 0.2) is 0 Å². The molecule has 0 aromatic heterocycles. The summed E-state index contributed by atoms with van der Waals surface area (Å²) in [6.07, 6.45) is 0. The van der Waals surface area contributed by atoms with Gasteiger partial charge >= 0.3 is 0 Å².